The van der Waals surface area contributed by atoms with E-state index in [1.54, 1.807) is 0 Å². The van der Waals surface area contributed by atoms with Crippen LogP contribution in [0.3, 0.4) is 0 Å². The average molecular weight is 404 g/mol. The van der Waals surface area contributed by atoms with Crippen molar-refractivity contribution in [1.82, 2.24) is 15.3 Å². The number of aromatic nitrogens is 2. The third kappa shape index (κ3) is 4.89. The van der Waals surface area contributed by atoms with Crippen LogP contribution >= 0.6 is 0 Å². The van der Waals surface area contributed by atoms with E-state index < -0.39 is 46.9 Å². The smallest absolute Gasteiger partial charge is 0.329 e. The summed E-state index contributed by atoms with van der Waals surface area (Å²) in [6.45, 7) is -0.265. The zero-order valence-corrected chi connectivity index (χ0v) is 14.7. The Hall–Kier alpha value is -3.89. The second kappa shape index (κ2) is 8.42. The van der Waals surface area contributed by atoms with Gasteiger partial charge in [-0.2, -0.15) is 4.39 Å². The number of ether oxygens (including phenoxy) is 1. The SMILES string of the molecule is O=C(Nc1ccc(F)cn1)C1=C(O)CC(C(=O)OCc2ccnc(F)c2)NC1=O. The minimum absolute atomic E-state index is 0.0318. The van der Waals surface area contributed by atoms with Gasteiger partial charge < -0.3 is 20.5 Å². The van der Waals surface area contributed by atoms with E-state index in [-0.39, 0.29) is 18.8 Å². The molecular formula is C18H14F2N4O5. The fourth-order valence-corrected chi connectivity index (χ4v) is 2.50. The molecule has 3 N–H and O–H groups in total. The molecule has 0 bridgehead atoms. The Bertz CT molecular complexity index is 994. The molecule has 9 nitrogen and oxygen atoms in total. The number of esters is 1. The molecule has 0 aromatic carbocycles. The highest BCUT2D eigenvalue weighted by atomic mass is 19.1. The number of carbonyl (C=O) groups excluding carboxylic acids is 3. The van der Waals surface area contributed by atoms with Crippen molar-refractivity contribution in [2.75, 3.05) is 5.32 Å². The lowest BCUT2D eigenvalue weighted by molar-refractivity contribution is -0.149. The first kappa shape index (κ1) is 19.9. The molecule has 1 atom stereocenters. The third-order valence-corrected chi connectivity index (χ3v) is 3.87. The summed E-state index contributed by atoms with van der Waals surface area (Å²) in [6.07, 6.45) is 1.69. The number of aliphatic hydroxyl groups is 1. The number of anilines is 1. The van der Waals surface area contributed by atoms with Crippen LogP contribution in [-0.4, -0.2) is 38.9 Å². The van der Waals surface area contributed by atoms with Gasteiger partial charge >= 0.3 is 5.97 Å². The van der Waals surface area contributed by atoms with E-state index in [2.05, 4.69) is 20.6 Å². The Labute approximate surface area is 162 Å². The molecule has 2 aromatic heterocycles. The molecule has 2 amide bonds. The molecule has 0 saturated heterocycles. The van der Waals surface area contributed by atoms with Gasteiger partial charge in [-0.25, -0.2) is 19.2 Å². The summed E-state index contributed by atoms with van der Waals surface area (Å²) < 4.78 is 30.9. The molecule has 0 radical (unpaired) electrons. The lowest BCUT2D eigenvalue weighted by Crippen LogP contribution is -2.48. The molecule has 150 valence electrons. The van der Waals surface area contributed by atoms with E-state index in [1.165, 1.54) is 18.3 Å². The minimum Gasteiger partial charge on any atom is -0.511 e. The van der Waals surface area contributed by atoms with Gasteiger partial charge in [0.25, 0.3) is 11.8 Å². The maximum Gasteiger partial charge on any atom is 0.329 e. The van der Waals surface area contributed by atoms with E-state index in [0.29, 0.717) is 5.56 Å². The Morgan fingerprint density at radius 3 is 2.72 bits per heavy atom. The summed E-state index contributed by atoms with van der Waals surface area (Å²) in [6, 6.07) is 3.52. The van der Waals surface area contributed by atoms with E-state index in [9.17, 15) is 28.3 Å². The van der Waals surface area contributed by atoms with Crippen LogP contribution in [0, 0.1) is 11.8 Å². The summed E-state index contributed by atoms with van der Waals surface area (Å²) in [4.78, 5) is 43.5. The third-order valence-electron chi connectivity index (χ3n) is 3.87. The zero-order valence-electron chi connectivity index (χ0n) is 14.7. The fourth-order valence-electron chi connectivity index (χ4n) is 2.50. The van der Waals surface area contributed by atoms with Crippen LogP contribution in [0.15, 0.2) is 48.0 Å². The predicted octanol–water partition coefficient (Wildman–Crippen LogP) is 1.14. The number of hydrogen-bond donors (Lipinski definition) is 3. The highest BCUT2D eigenvalue weighted by molar-refractivity contribution is 6.23. The minimum atomic E-state index is -1.23. The van der Waals surface area contributed by atoms with Gasteiger partial charge in [0.15, 0.2) is 0 Å². The lowest BCUT2D eigenvalue weighted by Gasteiger charge is -2.23. The van der Waals surface area contributed by atoms with Gasteiger partial charge in [-0.1, -0.05) is 0 Å². The molecule has 2 aromatic rings. The number of pyridine rings is 2. The molecule has 1 unspecified atom stereocenters. The maximum atomic E-state index is 13.0. The molecule has 0 aliphatic carbocycles. The van der Waals surface area contributed by atoms with E-state index >= 15 is 0 Å². The Balaban J connectivity index is 1.63. The van der Waals surface area contributed by atoms with Crippen LogP contribution in [-0.2, 0) is 25.7 Å². The van der Waals surface area contributed by atoms with Crippen molar-refractivity contribution < 1.29 is 33.0 Å². The van der Waals surface area contributed by atoms with Crippen molar-refractivity contribution in [3.05, 3.63) is 65.3 Å². The molecule has 0 spiro atoms. The number of aliphatic hydroxyl groups excluding tert-OH is 1. The Morgan fingerprint density at radius 1 is 1.28 bits per heavy atom. The Kier molecular flexibility index (Phi) is 5.77. The van der Waals surface area contributed by atoms with Gasteiger partial charge in [0.2, 0.25) is 5.95 Å². The highest BCUT2D eigenvalue weighted by Gasteiger charge is 2.35. The summed E-state index contributed by atoms with van der Waals surface area (Å²) in [5, 5.41) is 14.6. The van der Waals surface area contributed by atoms with Crippen molar-refractivity contribution in [2.45, 2.75) is 19.1 Å². The summed E-state index contributed by atoms with van der Waals surface area (Å²) in [5.41, 5.74) is -0.254. The normalized spacial score (nSPS) is 16.2. The van der Waals surface area contributed by atoms with Gasteiger partial charge in [0.05, 0.1) is 6.20 Å². The number of hydrogen-bond acceptors (Lipinski definition) is 7. The highest BCUT2D eigenvalue weighted by Crippen LogP contribution is 2.18. The fraction of sp³-hybridized carbons (Fsp3) is 0.167. The van der Waals surface area contributed by atoms with Gasteiger partial charge in [-0.15, -0.1) is 0 Å². The van der Waals surface area contributed by atoms with Crippen molar-refractivity contribution in [3.8, 4) is 0 Å². The van der Waals surface area contributed by atoms with Crippen molar-refractivity contribution in [3.63, 3.8) is 0 Å². The predicted molar refractivity (Wildman–Crippen MR) is 93.0 cm³/mol. The average Bonchev–Trinajstić information content (AvgIpc) is 2.67. The molecule has 1 aliphatic rings. The first-order valence-corrected chi connectivity index (χ1v) is 8.26. The summed E-state index contributed by atoms with van der Waals surface area (Å²) in [5.74, 6) is -4.85. The van der Waals surface area contributed by atoms with Crippen LogP contribution < -0.4 is 10.6 Å². The maximum absolute atomic E-state index is 13.0. The van der Waals surface area contributed by atoms with Gasteiger partial charge in [0.1, 0.15) is 35.6 Å². The Morgan fingerprint density at radius 2 is 2.07 bits per heavy atom. The van der Waals surface area contributed by atoms with Crippen LogP contribution in [0.25, 0.3) is 0 Å². The van der Waals surface area contributed by atoms with E-state index in [4.69, 9.17) is 4.74 Å². The molecule has 29 heavy (non-hydrogen) atoms. The van der Waals surface area contributed by atoms with E-state index in [1.807, 2.05) is 0 Å². The first-order valence-electron chi connectivity index (χ1n) is 8.26. The number of nitrogens with zero attached hydrogens (tertiary/aromatic N) is 2. The first-order chi connectivity index (χ1) is 13.8. The topological polar surface area (TPSA) is 131 Å². The molecule has 3 heterocycles. The molecule has 1 aliphatic heterocycles. The molecular weight excluding hydrogens is 390 g/mol. The largest absolute Gasteiger partial charge is 0.511 e. The van der Waals surface area contributed by atoms with Crippen LogP contribution in [0.4, 0.5) is 14.6 Å². The number of carbonyl (C=O) groups is 3. The van der Waals surface area contributed by atoms with Crippen LogP contribution in [0.5, 0.6) is 0 Å². The van der Waals surface area contributed by atoms with Crippen LogP contribution in [0.2, 0.25) is 0 Å². The number of nitrogens with one attached hydrogen (secondary N) is 2. The summed E-state index contributed by atoms with van der Waals surface area (Å²) in [7, 11) is 0. The zero-order chi connectivity index (χ0) is 21.0. The quantitative estimate of drug-likeness (QED) is 0.387. The molecule has 0 saturated carbocycles. The number of rotatable bonds is 5. The number of amides is 2. The second-order valence-electron chi connectivity index (χ2n) is 5.96. The van der Waals surface area contributed by atoms with Gasteiger partial charge in [0, 0.05) is 12.6 Å². The molecule has 11 heteroatoms. The standard InChI is InChI=1S/C18H14F2N4O5/c19-10-1-2-14(22-7-10)24-17(27)15-12(25)6-11(23-16(15)26)18(28)29-8-9-3-4-21-13(20)5-9/h1-5,7,11,25H,6,8H2,(H,23,26)(H,22,24,27). The monoisotopic (exact) mass is 404 g/mol. The molecule has 0 fully saturated rings. The molecule has 3 rings (SSSR count). The van der Waals surface area contributed by atoms with Crippen molar-refractivity contribution >= 4 is 23.6 Å². The summed E-state index contributed by atoms with van der Waals surface area (Å²) >= 11 is 0. The van der Waals surface area contributed by atoms with Crippen molar-refractivity contribution in [1.29, 1.82) is 0 Å². The lowest BCUT2D eigenvalue weighted by atomic mass is 10.0. The van der Waals surface area contributed by atoms with Crippen molar-refractivity contribution in [2.24, 2.45) is 0 Å². The van der Waals surface area contributed by atoms with Crippen LogP contribution in [0.1, 0.15) is 12.0 Å². The van der Waals surface area contributed by atoms with Gasteiger partial charge in [-0.3, -0.25) is 9.59 Å². The van der Waals surface area contributed by atoms with E-state index in [0.717, 1.165) is 18.3 Å². The second-order valence-corrected chi connectivity index (χ2v) is 5.96. The number of halogens is 2. The van der Waals surface area contributed by atoms with Gasteiger partial charge in [-0.05, 0) is 29.8 Å².